The molecule has 3 heteroatoms. The van der Waals surface area contributed by atoms with Crippen molar-refractivity contribution in [1.82, 2.24) is 0 Å². The van der Waals surface area contributed by atoms with Crippen LogP contribution in [0.1, 0.15) is 45.4 Å². The van der Waals surface area contributed by atoms with Crippen molar-refractivity contribution in [2.45, 2.75) is 45.4 Å². The normalized spacial score (nSPS) is 12.2. The minimum Gasteiger partial charge on any atom is -0.269 e. The Morgan fingerprint density at radius 1 is 1.21 bits per heavy atom. The van der Waals surface area contributed by atoms with E-state index in [2.05, 4.69) is 25.2 Å². The van der Waals surface area contributed by atoms with Crippen LogP contribution in [0.5, 0.6) is 0 Å². The van der Waals surface area contributed by atoms with Gasteiger partial charge in [0.2, 0.25) is 0 Å². The molecule has 0 heterocycles. The van der Waals surface area contributed by atoms with Crippen molar-refractivity contribution in [3.8, 4) is 0 Å². The molecule has 0 aliphatic heterocycles. The van der Waals surface area contributed by atoms with E-state index in [1.807, 2.05) is 0 Å². The van der Waals surface area contributed by atoms with Gasteiger partial charge in [-0.15, -0.1) is 31.2 Å². The molecule has 1 rings (SSSR count). The van der Waals surface area contributed by atoms with Crippen LogP contribution in [-0.2, 0) is 25.8 Å². The van der Waals surface area contributed by atoms with E-state index in [0.717, 1.165) is 6.42 Å². The summed E-state index contributed by atoms with van der Waals surface area (Å²) in [6.45, 7) is 2.25. The van der Waals surface area contributed by atoms with E-state index < -0.39 is 0 Å². The predicted molar refractivity (Wildman–Crippen MR) is 63.8 cm³/mol. The first-order chi connectivity index (χ1) is 5.43. The average Bonchev–Trinajstić information content (AvgIpc) is 2.50. The molecule has 0 aromatic rings. The number of hydrogen-bond donors (Lipinski definition) is 0. The molecule has 0 aromatic heterocycles. The maximum absolute atomic E-state index is 3.34. The fourth-order valence-electron chi connectivity index (χ4n) is 1.36. The Bertz CT molecular complexity index is 165. The van der Waals surface area contributed by atoms with Gasteiger partial charge in [-0.25, -0.2) is 11.6 Å². The molecule has 0 spiro atoms. The van der Waals surface area contributed by atoms with E-state index in [4.69, 9.17) is 0 Å². The summed E-state index contributed by atoms with van der Waals surface area (Å²) in [7, 11) is 0. The Balaban J connectivity index is -0.000000403. The molecule has 14 heavy (non-hydrogen) atoms. The topological polar surface area (TPSA) is 0 Å². The predicted octanol–water partition coefficient (Wildman–Crippen LogP) is 4.49. The Morgan fingerprint density at radius 3 is 2.43 bits per heavy atom. The van der Waals surface area contributed by atoms with Crippen LogP contribution in [0.4, 0.5) is 0 Å². The molecule has 0 amide bonds. The molecule has 0 atom stereocenters. The van der Waals surface area contributed by atoms with Crippen molar-refractivity contribution in [3.05, 3.63) is 23.8 Å². The zero-order valence-electron chi connectivity index (χ0n) is 8.71. The third-order valence-electron chi connectivity index (χ3n) is 2.07. The summed E-state index contributed by atoms with van der Waals surface area (Å²) in [5.74, 6) is 0. The van der Waals surface area contributed by atoms with Gasteiger partial charge >= 0.3 is 0 Å². The van der Waals surface area contributed by atoms with Gasteiger partial charge in [0.05, 0.1) is 0 Å². The summed E-state index contributed by atoms with van der Waals surface area (Å²) < 4.78 is 0. The molecule has 0 fully saturated rings. The zero-order chi connectivity index (χ0) is 7.94. The first-order valence-electron chi connectivity index (χ1n) is 4.69. The molecule has 0 aromatic carbocycles. The fraction of sp³-hybridized carbons (Fsp3) is 0.636. The van der Waals surface area contributed by atoms with Gasteiger partial charge in [-0.1, -0.05) is 39.0 Å². The Hall–Kier alpha value is 0.930. The molecule has 0 bridgehead atoms. The van der Waals surface area contributed by atoms with E-state index in [1.54, 1.807) is 0 Å². The van der Waals surface area contributed by atoms with E-state index in [1.165, 1.54) is 37.7 Å². The molecule has 1 aliphatic rings. The van der Waals surface area contributed by atoms with Gasteiger partial charge in [0.1, 0.15) is 0 Å². The van der Waals surface area contributed by atoms with Crippen LogP contribution in [0, 0.1) is 6.08 Å². The van der Waals surface area contributed by atoms with Crippen molar-refractivity contribution >= 4 is 24.8 Å². The van der Waals surface area contributed by atoms with Gasteiger partial charge < -0.3 is 0 Å². The molecule has 0 unspecified atom stereocenters. The molecular formula is C11H19Cl2Hf-. The third kappa shape index (κ3) is 9.48. The molecule has 0 saturated heterocycles. The second kappa shape index (κ2) is 13.9. The molecule has 0 N–H and O–H groups in total. The SMILES string of the molecule is CCCCCCC1=[C-]CC=C1.Cl.Cl.[Hf]. The van der Waals surface area contributed by atoms with Gasteiger partial charge in [0, 0.05) is 25.8 Å². The second-order valence-electron chi connectivity index (χ2n) is 3.12. The molecule has 1 aliphatic carbocycles. The van der Waals surface area contributed by atoms with Crippen molar-refractivity contribution in [2.75, 3.05) is 0 Å². The van der Waals surface area contributed by atoms with Gasteiger partial charge in [-0.2, -0.15) is 6.08 Å². The van der Waals surface area contributed by atoms with E-state index in [-0.39, 0.29) is 50.7 Å². The number of unbranched alkanes of at least 4 members (excludes halogenated alkanes) is 3. The Morgan fingerprint density at radius 2 is 1.93 bits per heavy atom. The van der Waals surface area contributed by atoms with Crippen LogP contribution in [-0.4, -0.2) is 0 Å². The summed E-state index contributed by atoms with van der Waals surface area (Å²) in [5.41, 5.74) is 1.43. The quantitative estimate of drug-likeness (QED) is 0.362. The van der Waals surface area contributed by atoms with Crippen LogP contribution < -0.4 is 0 Å². The minimum atomic E-state index is 0. The van der Waals surface area contributed by atoms with Crippen LogP contribution >= 0.6 is 24.8 Å². The zero-order valence-corrected chi connectivity index (χ0v) is 13.9. The number of allylic oxidation sites excluding steroid dienone is 4. The molecule has 82 valence electrons. The summed E-state index contributed by atoms with van der Waals surface area (Å²) >= 11 is 0. The number of rotatable bonds is 5. The van der Waals surface area contributed by atoms with Crippen molar-refractivity contribution in [1.29, 1.82) is 0 Å². The van der Waals surface area contributed by atoms with Crippen molar-refractivity contribution in [3.63, 3.8) is 0 Å². The molecule has 0 radical (unpaired) electrons. The van der Waals surface area contributed by atoms with Crippen LogP contribution in [0.2, 0.25) is 0 Å². The van der Waals surface area contributed by atoms with Gasteiger partial charge in [-0.3, -0.25) is 6.08 Å². The number of hydrogen-bond acceptors (Lipinski definition) is 0. The maximum Gasteiger partial charge on any atom is 0 e. The average molecular weight is 401 g/mol. The van der Waals surface area contributed by atoms with Gasteiger partial charge in [0.25, 0.3) is 0 Å². The largest absolute Gasteiger partial charge is 0.269 e. The smallest absolute Gasteiger partial charge is 0 e. The van der Waals surface area contributed by atoms with Gasteiger partial charge in [0.15, 0.2) is 0 Å². The molecule has 0 nitrogen and oxygen atoms in total. The van der Waals surface area contributed by atoms with E-state index >= 15 is 0 Å². The minimum absolute atomic E-state index is 0. The van der Waals surface area contributed by atoms with Crippen LogP contribution in [0.25, 0.3) is 0 Å². The fourth-order valence-corrected chi connectivity index (χ4v) is 1.36. The summed E-state index contributed by atoms with van der Waals surface area (Å²) in [6.07, 6.45) is 15.5. The second-order valence-corrected chi connectivity index (χ2v) is 3.12. The van der Waals surface area contributed by atoms with Gasteiger partial charge in [-0.05, 0) is 0 Å². The number of halogens is 2. The molecular weight excluding hydrogens is 382 g/mol. The summed E-state index contributed by atoms with van der Waals surface area (Å²) in [6, 6.07) is 0. The molecule has 0 saturated carbocycles. The third-order valence-corrected chi connectivity index (χ3v) is 2.07. The maximum atomic E-state index is 3.34. The first-order valence-corrected chi connectivity index (χ1v) is 4.69. The Kier molecular flexibility index (Phi) is 20.3. The van der Waals surface area contributed by atoms with Crippen molar-refractivity contribution in [2.24, 2.45) is 0 Å². The van der Waals surface area contributed by atoms with Crippen LogP contribution in [0.3, 0.4) is 0 Å². The van der Waals surface area contributed by atoms with E-state index in [0.29, 0.717) is 0 Å². The van der Waals surface area contributed by atoms with Crippen molar-refractivity contribution < 1.29 is 25.8 Å². The first kappa shape index (κ1) is 20.4. The summed E-state index contributed by atoms with van der Waals surface area (Å²) in [5, 5.41) is 0. The van der Waals surface area contributed by atoms with E-state index in [9.17, 15) is 0 Å². The Labute approximate surface area is 119 Å². The van der Waals surface area contributed by atoms with Crippen LogP contribution in [0.15, 0.2) is 17.7 Å². The summed E-state index contributed by atoms with van der Waals surface area (Å²) in [4.78, 5) is 0. The monoisotopic (exact) mass is 401 g/mol. The standard InChI is InChI=1S/C11H17.2ClH.Hf/c1-2-3-4-5-8-11-9-6-7-10-11;;;/h6,9H,2-5,7-8H2,1H3;2*1H;/q-1;;;.